The molecular weight excluding hydrogens is 292 g/mol. The highest BCUT2D eigenvalue weighted by atomic mass is 16.5. The van der Waals surface area contributed by atoms with Crippen LogP contribution in [0.2, 0.25) is 0 Å². The third-order valence-corrected chi connectivity index (χ3v) is 3.71. The Morgan fingerprint density at radius 3 is 2.57 bits per heavy atom. The summed E-state index contributed by atoms with van der Waals surface area (Å²) < 4.78 is 5.30. The molecule has 5 nitrogen and oxygen atoms in total. The number of esters is 1. The number of para-hydroxylation sites is 1. The van der Waals surface area contributed by atoms with Crippen LogP contribution in [0.4, 0.5) is 0 Å². The fourth-order valence-corrected chi connectivity index (χ4v) is 2.57. The van der Waals surface area contributed by atoms with Crippen LogP contribution in [0, 0.1) is 6.92 Å². The average molecular weight is 308 g/mol. The fourth-order valence-electron chi connectivity index (χ4n) is 2.57. The number of hydrogen-bond acceptors (Lipinski definition) is 4. The molecule has 0 aliphatic heterocycles. The molecule has 1 atom stereocenters. The van der Waals surface area contributed by atoms with Crippen LogP contribution in [-0.2, 0) is 4.74 Å². The summed E-state index contributed by atoms with van der Waals surface area (Å²) in [6.07, 6.45) is 2.15. The molecule has 1 N–H and O–H groups in total. The first-order valence-corrected chi connectivity index (χ1v) is 7.30. The van der Waals surface area contributed by atoms with E-state index in [1.54, 1.807) is 19.1 Å². The van der Waals surface area contributed by atoms with E-state index in [1.165, 1.54) is 12.4 Å². The van der Waals surface area contributed by atoms with Crippen molar-refractivity contribution in [2.24, 2.45) is 0 Å². The lowest BCUT2D eigenvalue weighted by Gasteiger charge is -2.12. The normalized spacial score (nSPS) is 12.1. The number of nitrogens with one attached hydrogen (secondary N) is 1. The van der Waals surface area contributed by atoms with Crippen molar-refractivity contribution in [2.45, 2.75) is 20.0 Å². The number of H-pyrrole nitrogens is 1. The van der Waals surface area contributed by atoms with E-state index in [2.05, 4.69) is 9.97 Å². The lowest BCUT2D eigenvalue weighted by atomic mass is 10.0. The summed E-state index contributed by atoms with van der Waals surface area (Å²) in [5, 5.41) is 0.835. The standard InChI is InChI=1S/C18H16N2O3/c1-11-16(14-5-3-4-6-15(14)20-11)17(21)12(2)23-18(22)13-7-9-19-10-8-13/h3-10,12,20H,1-2H3/t12-/m1/s1. The van der Waals surface area contributed by atoms with E-state index in [4.69, 9.17) is 4.74 Å². The van der Waals surface area contributed by atoms with Crippen molar-refractivity contribution in [1.29, 1.82) is 0 Å². The summed E-state index contributed by atoms with van der Waals surface area (Å²) in [7, 11) is 0. The van der Waals surface area contributed by atoms with E-state index in [0.29, 0.717) is 11.1 Å². The SMILES string of the molecule is Cc1[nH]c2ccccc2c1C(=O)[C@@H](C)OC(=O)c1ccncc1. The summed E-state index contributed by atoms with van der Waals surface area (Å²) in [5.41, 5.74) is 2.59. The lowest BCUT2D eigenvalue weighted by Crippen LogP contribution is -2.24. The molecule has 0 spiro atoms. The molecule has 2 aromatic heterocycles. The third-order valence-electron chi connectivity index (χ3n) is 3.71. The van der Waals surface area contributed by atoms with Crippen LogP contribution >= 0.6 is 0 Å². The van der Waals surface area contributed by atoms with Gasteiger partial charge >= 0.3 is 5.97 Å². The number of aromatic nitrogens is 2. The number of ether oxygens (including phenoxy) is 1. The van der Waals surface area contributed by atoms with E-state index in [-0.39, 0.29) is 5.78 Å². The molecule has 0 aliphatic carbocycles. The lowest BCUT2D eigenvalue weighted by molar-refractivity contribution is 0.0319. The number of fused-ring (bicyclic) bond motifs is 1. The van der Waals surface area contributed by atoms with Gasteiger partial charge < -0.3 is 9.72 Å². The van der Waals surface area contributed by atoms with Gasteiger partial charge in [-0.3, -0.25) is 9.78 Å². The average Bonchev–Trinajstić information content (AvgIpc) is 2.90. The van der Waals surface area contributed by atoms with Gasteiger partial charge in [0.05, 0.1) is 5.56 Å². The molecule has 0 aliphatic rings. The highest BCUT2D eigenvalue weighted by molar-refractivity contribution is 6.11. The Balaban J connectivity index is 1.85. The largest absolute Gasteiger partial charge is 0.451 e. The molecule has 0 saturated heterocycles. The monoisotopic (exact) mass is 308 g/mol. The van der Waals surface area contributed by atoms with E-state index >= 15 is 0 Å². The second-order valence-electron chi connectivity index (χ2n) is 5.32. The molecule has 5 heteroatoms. The molecule has 2 heterocycles. The Kier molecular flexibility index (Phi) is 3.93. The van der Waals surface area contributed by atoms with Crippen LogP contribution in [0.5, 0.6) is 0 Å². The Morgan fingerprint density at radius 1 is 1.13 bits per heavy atom. The molecular formula is C18H16N2O3. The number of aromatic amines is 1. The Morgan fingerprint density at radius 2 is 1.83 bits per heavy atom. The number of ketones is 1. The highest BCUT2D eigenvalue weighted by Crippen LogP contribution is 2.24. The molecule has 0 radical (unpaired) electrons. The van der Waals surface area contributed by atoms with Gasteiger partial charge in [0.2, 0.25) is 5.78 Å². The van der Waals surface area contributed by atoms with Crippen molar-refractivity contribution in [3.8, 4) is 0 Å². The van der Waals surface area contributed by atoms with E-state index in [1.807, 2.05) is 31.2 Å². The molecule has 116 valence electrons. The van der Waals surface area contributed by atoms with Crippen molar-refractivity contribution in [2.75, 3.05) is 0 Å². The summed E-state index contributed by atoms with van der Waals surface area (Å²) in [4.78, 5) is 31.8. The second kappa shape index (κ2) is 6.04. The van der Waals surface area contributed by atoms with Crippen molar-refractivity contribution >= 4 is 22.7 Å². The maximum Gasteiger partial charge on any atom is 0.338 e. The number of nitrogens with zero attached hydrogens (tertiary/aromatic N) is 1. The van der Waals surface area contributed by atoms with E-state index in [9.17, 15) is 9.59 Å². The second-order valence-corrected chi connectivity index (χ2v) is 5.32. The van der Waals surface area contributed by atoms with Gasteiger partial charge in [-0.05, 0) is 32.0 Å². The number of aryl methyl sites for hydroxylation is 1. The Bertz CT molecular complexity index is 868. The molecule has 3 aromatic rings. The predicted molar refractivity (Wildman–Crippen MR) is 86.5 cm³/mol. The Hall–Kier alpha value is -2.95. The predicted octanol–water partition coefficient (Wildman–Crippen LogP) is 3.30. The van der Waals surface area contributed by atoms with Gasteiger partial charge in [-0.1, -0.05) is 18.2 Å². The highest BCUT2D eigenvalue weighted by Gasteiger charge is 2.24. The van der Waals surface area contributed by atoms with E-state index in [0.717, 1.165) is 16.6 Å². The topological polar surface area (TPSA) is 72.1 Å². The van der Waals surface area contributed by atoms with Gasteiger partial charge in [0.15, 0.2) is 6.10 Å². The van der Waals surface area contributed by atoms with Crippen LogP contribution in [0.1, 0.15) is 33.3 Å². The zero-order valence-electron chi connectivity index (χ0n) is 12.9. The van der Waals surface area contributed by atoms with Crippen LogP contribution in [-0.4, -0.2) is 27.8 Å². The van der Waals surface area contributed by atoms with Crippen LogP contribution in [0.25, 0.3) is 10.9 Å². The fraction of sp³-hybridized carbons (Fsp3) is 0.167. The van der Waals surface area contributed by atoms with Gasteiger partial charge in [-0.15, -0.1) is 0 Å². The van der Waals surface area contributed by atoms with Crippen molar-refractivity contribution in [1.82, 2.24) is 9.97 Å². The number of hydrogen-bond donors (Lipinski definition) is 1. The smallest absolute Gasteiger partial charge is 0.338 e. The minimum atomic E-state index is -0.867. The van der Waals surface area contributed by atoms with E-state index < -0.39 is 12.1 Å². The quantitative estimate of drug-likeness (QED) is 0.593. The first-order chi connectivity index (χ1) is 11.1. The first-order valence-electron chi connectivity index (χ1n) is 7.30. The molecule has 0 saturated carbocycles. The van der Waals surface area contributed by atoms with Gasteiger partial charge in [0.25, 0.3) is 0 Å². The van der Waals surface area contributed by atoms with Crippen LogP contribution in [0.3, 0.4) is 0 Å². The van der Waals surface area contributed by atoms with Crippen LogP contribution in [0.15, 0.2) is 48.8 Å². The summed E-state index contributed by atoms with van der Waals surface area (Å²) in [6.45, 7) is 3.42. The Labute approximate surface area is 133 Å². The number of Topliss-reactive ketones (excluding diaryl/α,β-unsaturated/α-hetero) is 1. The third kappa shape index (κ3) is 2.85. The minimum Gasteiger partial charge on any atom is -0.451 e. The maximum absolute atomic E-state index is 12.7. The molecule has 0 amide bonds. The molecule has 1 aromatic carbocycles. The number of benzene rings is 1. The summed E-state index contributed by atoms with van der Waals surface area (Å²) >= 11 is 0. The molecule has 3 rings (SSSR count). The zero-order valence-corrected chi connectivity index (χ0v) is 12.9. The zero-order chi connectivity index (χ0) is 16.4. The maximum atomic E-state index is 12.7. The van der Waals surface area contributed by atoms with Gasteiger partial charge in [-0.25, -0.2) is 4.79 Å². The van der Waals surface area contributed by atoms with Crippen molar-refractivity contribution < 1.29 is 14.3 Å². The number of carbonyl (C=O) groups excluding carboxylic acids is 2. The summed E-state index contributed by atoms with van der Waals surface area (Å²) in [5.74, 6) is -0.756. The van der Waals surface area contributed by atoms with Gasteiger partial charge in [0, 0.05) is 34.6 Å². The number of pyridine rings is 1. The van der Waals surface area contributed by atoms with Crippen molar-refractivity contribution in [3.63, 3.8) is 0 Å². The minimum absolute atomic E-state index is 0.220. The van der Waals surface area contributed by atoms with Gasteiger partial charge in [0.1, 0.15) is 0 Å². The molecule has 23 heavy (non-hydrogen) atoms. The van der Waals surface area contributed by atoms with Crippen LogP contribution < -0.4 is 0 Å². The molecule has 0 bridgehead atoms. The van der Waals surface area contributed by atoms with Gasteiger partial charge in [-0.2, -0.15) is 0 Å². The number of carbonyl (C=O) groups is 2. The number of rotatable bonds is 4. The van der Waals surface area contributed by atoms with Crippen molar-refractivity contribution in [3.05, 3.63) is 65.6 Å². The molecule has 0 fully saturated rings. The summed E-state index contributed by atoms with van der Waals surface area (Å²) in [6, 6.07) is 10.7. The first kappa shape index (κ1) is 15.0. The molecule has 0 unspecified atom stereocenters.